The SMILES string of the molecule is CC(C)[C@@H]1CC[C@@H](C)CC(=O)N[C@H](Cc2c[nH]c3ccccc23)C(=O)N2C[C@H](NC(=O)c3ccc4c(c3)OCO4)C[C@H]2C(=O)N1. The first-order chi connectivity index (χ1) is 21.7. The van der Waals surface area contributed by atoms with Crippen LogP contribution in [0.15, 0.2) is 48.7 Å². The van der Waals surface area contributed by atoms with Gasteiger partial charge in [-0.15, -0.1) is 0 Å². The van der Waals surface area contributed by atoms with Crippen LogP contribution in [0.4, 0.5) is 0 Å². The fourth-order valence-corrected chi connectivity index (χ4v) is 6.65. The normalized spacial score (nSPS) is 25.6. The van der Waals surface area contributed by atoms with Crippen LogP contribution in [0.3, 0.4) is 0 Å². The second kappa shape index (κ2) is 12.8. The molecule has 0 bridgehead atoms. The number of aromatic nitrogens is 1. The Morgan fingerprint density at radius 2 is 1.84 bits per heavy atom. The van der Waals surface area contributed by atoms with E-state index >= 15 is 0 Å². The summed E-state index contributed by atoms with van der Waals surface area (Å²) in [6, 6.07) is 10.5. The fraction of sp³-hybridized carbons (Fsp3) is 0.471. The highest BCUT2D eigenvalue weighted by atomic mass is 16.7. The number of nitrogens with one attached hydrogen (secondary N) is 4. The van der Waals surface area contributed by atoms with Gasteiger partial charge in [0.15, 0.2) is 11.5 Å². The van der Waals surface area contributed by atoms with Crippen molar-refractivity contribution in [3.63, 3.8) is 0 Å². The Labute approximate surface area is 262 Å². The second-order valence-electron chi connectivity index (χ2n) is 12.9. The van der Waals surface area contributed by atoms with Crippen molar-refractivity contribution >= 4 is 34.5 Å². The highest BCUT2D eigenvalue weighted by molar-refractivity contribution is 5.96. The van der Waals surface area contributed by atoms with Gasteiger partial charge in [-0.3, -0.25) is 19.2 Å². The van der Waals surface area contributed by atoms with Gasteiger partial charge < -0.3 is 35.3 Å². The Morgan fingerprint density at radius 1 is 1.04 bits per heavy atom. The molecule has 0 radical (unpaired) electrons. The predicted molar refractivity (Wildman–Crippen MR) is 168 cm³/mol. The molecular weight excluding hydrogens is 574 g/mol. The summed E-state index contributed by atoms with van der Waals surface area (Å²) in [6.07, 6.45) is 4.15. The van der Waals surface area contributed by atoms with E-state index in [4.69, 9.17) is 9.47 Å². The summed E-state index contributed by atoms with van der Waals surface area (Å²) in [5.41, 5.74) is 2.23. The van der Waals surface area contributed by atoms with Crippen LogP contribution in [0.25, 0.3) is 10.9 Å². The van der Waals surface area contributed by atoms with Crippen molar-refractivity contribution in [3.05, 3.63) is 59.8 Å². The van der Waals surface area contributed by atoms with Gasteiger partial charge in [0.25, 0.3) is 5.91 Å². The van der Waals surface area contributed by atoms with E-state index in [1.54, 1.807) is 23.1 Å². The molecule has 1 aromatic heterocycles. The Balaban J connectivity index is 1.28. The van der Waals surface area contributed by atoms with E-state index < -0.39 is 18.1 Å². The molecule has 45 heavy (non-hydrogen) atoms. The molecule has 6 rings (SSSR count). The van der Waals surface area contributed by atoms with Gasteiger partial charge >= 0.3 is 0 Å². The average molecular weight is 616 g/mol. The summed E-state index contributed by atoms with van der Waals surface area (Å²) in [4.78, 5) is 59.7. The number of nitrogens with zero attached hydrogens (tertiary/aromatic N) is 1. The van der Waals surface area contributed by atoms with Crippen molar-refractivity contribution in [2.24, 2.45) is 11.8 Å². The van der Waals surface area contributed by atoms with Crippen molar-refractivity contribution in [2.75, 3.05) is 13.3 Å². The number of fused-ring (bicyclic) bond motifs is 3. The molecule has 2 fully saturated rings. The second-order valence-corrected chi connectivity index (χ2v) is 12.9. The van der Waals surface area contributed by atoms with Gasteiger partial charge in [-0.05, 0) is 60.9 Å². The Morgan fingerprint density at radius 3 is 2.67 bits per heavy atom. The molecule has 0 saturated carbocycles. The molecule has 11 heteroatoms. The molecule has 2 aromatic carbocycles. The van der Waals surface area contributed by atoms with Crippen molar-refractivity contribution in [3.8, 4) is 11.5 Å². The fourth-order valence-electron chi connectivity index (χ4n) is 6.65. The van der Waals surface area contributed by atoms with Crippen molar-refractivity contribution in [1.29, 1.82) is 0 Å². The predicted octanol–water partition coefficient (Wildman–Crippen LogP) is 3.28. The molecule has 0 aliphatic carbocycles. The minimum atomic E-state index is -0.885. The van der Waals surface area contributed by atoms with Gasteiger partial charge in [-0.25, -0.2) is 0 Å². The van der Waals surface area contributed by atoms with E-state index in [2.05, 4.69) is 34.8 Å². The van der Waals surface area contributed by atoms with Gasteiger partial charge in [0.2, 0.25) is 24.5 Å². The molecule has 0 spiro atoms. The molecule has 238 valence electrons. The van der Waals surface area contributed by atoms with Crippen molar-refractivity contribution in [1.82, 2.24) is 25.8 Å². The number of hydrogen-bond acceptors (Lipinski definition) is 6. The minimum absolute atomic E-state index is 0.0864. The molecule has 3 aromatic rings. The lowest BCUT2D eigenvalue weighted by molar-refractivity contribution is -0.141. The number of H-pyrrole nitrogens is 1. The number of carbonyl (C=O) groups is 4. The summed E-state index contributed by atoms with van der Waals surface area (Å²) < 4.78 is 10.8. The number of aromatic amines is 1. The standard InChI is InChI=1S/C34H41N5O6/c1-19(2)25-10-8-20(3)12-31(40)37-27(13-22-16-35-26-7-5-4-6-24(22)26)34(43)39-17-23(15-28(39)33(42)38-25)36-32(41)21-9-11-29-30(14-21)45-18-44-29/h4-7,9,11,14,16,19-20,23,25,27-28,35H,8,10,12-13,15,17-18H2,1-3H3,(H,36,41)(H,37,40)(H,38,42)/t20-,23-,25+,27-,28+/m1/s1. The van der Waals surface area contributed by atoms with Crippen LogP contribution in [0.2, 0.25) is 0 Å². The van der Waals surface area contributed by atoms with Crippen LogP contribution in [0.5, 0.6) is 11.5 Å². The van der Waals surface area contributed by atoms with Gasteiger partial charge in [0.1, 0.15) is 12.1 Å². The first kappa shape index (κ1) is 30.5. The molecule has 4 heterocycles. The third-order valence-electron chi connectivity index (χ3n) is 9.23. The van der Waals surface area contributed by atoms with E-state index in [-0.39, 0.29) is 74.1 Å². The number of hydrogen-bond donors (Lipinski definition) is 4. The van der Waals surface area contributed by atoms with E-state index in [9.17, 15) is 19.2 Å². The lowest BCUT2D eigenvalue weighted by Crippen LogP contribution is -2.55. The van der Waals surface area contributed by atoms with Crippen molar-refractivity contribution in [2.45, 2.75) is 77.0 Å². The minimum Gasteiger partial charge on any atom is -0.454 e. The molecule has 3 aliphatic rings. The quantitative estimate of drug-likeness (QED) is 0.347. The molecule has 5 atom stereocenters. The van der Waals surface area contributed by atoms with Gasteiger partial charge in [0.05, 0.1) is 0 Å². The van der Waals surface area contributed by atoms with Gasteiger partial charge in [-0.1, -0.05) is 39.0 Å². The third kappa shape index (κ3) is 6.62. The largest absolute Gasteiger partial charge is 0.454 e. The maximum absolute atomic E-state index is 14.4. The van der Waals surface area contributed by atoms with Crippen LogP contribution >= 0.6 is 0 Å². The number of para-hydroxylation sites is 1. The van der Waals surface area contributed by atoms with E-state index in [0.29, 0.717) is 17.1 Å². The summed E-state index contributed by atoms with van der Waals surface area (Å²) in [5, 5.41) is 10.2. The summed E-state index contributed by atoms with van der Waals surface area (Å²) in [5.74, 6) is 0.209. The Bertz CT molecular complexity index is 1600. The maximum atomic E-state index is 14.4. The number of rotatable bonds is 5. The Kier molecular flexibility index (Phi) is 8.69. The van der Waals surface area contributed by atoms with Crippen LogP contribution in [-0.2, 0) is 20.8 Å². The molecule has 4 N–H and O–H groups in total. The molecule has 2 saturated heterocycles. The van der Waals surface area contributed by atoms with E-state index in [1.165, 1.54) is 0 Å². The van der Waals surface area contributed by atoms with Crippen molar-refractivity contribution < 1.29 is 28.7 Å². The van der Waals surface area contributed by atoms with Crippen LogP contribution in [0, 0.1) is 11.8 Å². The first-order valence-corrected chi connectivity index (χ1v) is 15.8. The molecule has 3 aliphatic heterocycles. The smallest absolute Gasteiger partial charge is 0.251 e. The van der Waals surface area contributed by atoms with Crippen LogP contribution in [-0.4, -0.2) is 71.0 Å². The molecule has 11 nitrogen and oxygen atoms in total. The summed E-state index contributed by atoms with van der Waals surface area (Å²) in [6.45, 7) is 6.38. The zero-order valence-electron chi connectivity index (χ0n) is 25.9. The first-order valence-electron chi connectivity index (χ1n) is 15.8. The third-order valence-corrected chi connectivity index (χ3v) is 9.23. The lowest BCUT2D eigenvalue weighted by Gasteiger charge is -2.30. The number of amides is 4. The van der Waals surface area contributed by atoms with E-state index in [1.807, 2.05) is 37.4 Å². The lowest BCUT2D eigenvalue weighted by atomic mass is 9.92. The summed E-state index contributed by atoms with van der Waals surface area (Å²) in [7, 11) is 0. The number of carbonyl (C=O) groups excluding carboxylic acids is 4. The monoisotopic (exact) mass is 615 g/mol. The topological polar surface area (TPSA) is 142 Å². The number of benzene rings is 2. The zero-order chi connectivity index (χ0) is 31.7. The van der Waals surface area contributed by atoms with E-state index in [0.717, 1.165) is 29.3 Å². The molecular formula is C34H41N5O6. The van der Waals surface area contributed by atoms with Crippen LogP contribution < -0.4 is 25.4 Å². The highest BCUT2D eigenvalue weighted by Crippen LogP contribution is 2.33. The summed E-state index contributed by atoms with van der Waals surface area (Å²) >= 11 is 0. The highest BCUT2D eigenvalue weighted by Gasteiger charge is 2.43. The average Bonchev–Trinajstić information content (AvgIpc) is 3.76. The van der Waals surface area contributed by atoms with Gasteiger partial charge in [0, 0.05) is 54.1 Å². The zero-order valence-corrected chi connectivity index (χ0v) is 25.9. The Hall–Kier alpha value is -4.54. The molecule has 0 unspecified atom stereocenters. The molecule has 4 amide bonds. The van der Waals surface area contributed by atoms with Gasteiger partial charge in [-0.2, -0.15) is 0 Å². The number of ether oxygens (including phenoxy) is 2. The maximum Gasteiger partial charge on any atom is 0.251 e. The van der Waals surface area contributed by atoms with Crippen LogP contribution in [0.1, 0.15) is 62.4 Å².